The summed E-state index contributed by atoms with van der Waals surface area (Å²) < 4.78 is 18.6. The van der Waals surface area contributed by atoms with Gasteiger partial charge in [-0.3, -0.25) is 0 Å². The third kappa shape index (κ3) is 2.63. The zero-order valence-electron chi connectivity index (χ0n) is 12.1. The van der Waals surface area contributed by atoms with Crippen LogP contribution >= 0.6 is 12.4 Å². The number of hydrogen-bond acceptors (Lipinski definition) is 4. The summed E-state index contributed by atoms with van der Waals surface area (Å²) in [5.41, 5.74) is 7.15. The van der Waals surface area contributed by atoms with E-state index in [-0.39, 0.29) is 30.2 Å². The van der Waals surface area contributed by atoms with Crippen LogP contribution in [0.25, 0.3) is 0 Å². The molecule has 2 fully saturated rings. The molecule has 4 nitrogen and oxygen atoms in total. The molecule has 0 amide bonds. The smallest absolute Gasteiger partial charge is 0.231 e. The van der Waals surface area contributed by atoms with Gasteiger partial charge in [0, 0.05) is 12.5 Å². The number of benzene rings is 1. The highest BCUT2D eigenvalue weighted by atomic mass is 35.5. The number of rotatable bonds is 3. The van der Waals surface area contributed by atoms with Gasteiger partial charge in [-0.1, -0.05) is 17.3 Å². The fraction of sp³-hybridized carbons (Fsp3) is 0.500. The van der Waals surface area contributed by atoms with Crippen LogP contribution in [-0.2, 0) is 6.42 Å². The van der Waals surface area contributed by atoms with Gasteiger partial charge in [0.1, 0.15) is 5.82 Å². The lowest BCUT2D eigenvalue weighted by molar-refractivity contribution is 0.278. The first-order chi connectivity index (χ1) is 10.2. The summed E-state index contributed by atoms with van der Waals surface area (Å²) in [6.45, 7) is 0. The summed E-state index contributed by atoms with van der Waals surface area (Å²) in [4.78, 5) is 4.51. The Bertz CT molecular complexity index is 660. The Kier molecular flexibility index (Phi) is 4.19. The summed E-state index contributed by atoms with van der Waals surface area (Å²) in [7, 11) is 0. The highest BCUT2D eigenvalue weighted by Gasteiger charge is 2.48. The van der Waals surface area contributed by atoms with Crippen LogP contribution < -0.4 is 5.73 Å². The molecule has 2 N–H and O–H groups in total. The molecule has 2 saturated carbocycles. The molecule has 2 bridgehead atoms. The molecule has 0 radical (unpaired) electrons. The normalized spacial score (nSPS) is 29.5. The summed E-state index contributed by atoms with van der Waals surface area (Å²) in [6, 6.07) is 6.63. The highest BCUT2D eigenvalue weighted by molar-refractivity contribution is 5.85. The quantitative estimate of drug-likeness (QED) is 0.942. The number of halogens is 2. The lowest BCUT2D eigenvalue weighted by Crippen LogP contribution is -2.34. The Labute approximate surface area is 134 Å². The molecule has 1 aromatic carbocycles. The molecule has 0 spiro atoms. The molecule has 2 aliphatic rings. The second-order valence-corrected chi connectivity index (χ2v) is 6.29. The first kappa shape index (κ1) is 15.4. The zero-order chi connectivity index (χ0) is 14.4. The minimum Gasteiger partial charge on any atom is -0.339 e. The van der Waals surface area contributed by atoms with Gasteiger partial charge in [-0.2, -0.15) is 4.98 Å². The fourth-order valence-corrected chi connectivity index (χ4v) is 4.01. The van der Waals surface area contributed by atoms with Crippen LogP contribution in [-0.4, -0.2) is 16.2 Å². The summed E-state index contributed by atoms with van der Waals surface area (Å²) >= 11 is 0. The second-order valence-electron chi connectivity index (χ2n) is 6.29. The maximum atomic E-state index is 13.2. The Morgan fingerprint density at radius 3 is 2.82 bits per heavy atom. The van der Waals surface area contributed by atoms with E-state index >= 15 is 0 Å². The van der Waals surface area contributed by atoms with Crippen LogP contribution in [0.4, 0.5) is 4.39 Å². The average molecular weight is 324 g/mol. The minimum atomic E-state index is -0.244. The van der Waals surface area contributed by atoms with Crippen LogP contribution in [0.1, 0.15) is 42.5 Å². The topological polar surface area (TPSA) is 64.9 Å². The standard InChI is InChI=1S/C16H18FN3O.ClH/c17-12-3-1-2-9(6-12)7-13-19-16(21-20-13)14-10-4-5-11(8-10)15(14)18;/h1-3,6,10-11,14-15H,4-5,7-8,18H2;1H. The van der Waals surface area contributed by atoms with Crippen molar-refractivity contribution in [1.82, 2.24) is 10.1 Å². The van der Waals surface area contributed by atoms with E-state index in [0.717, 1.165) is 5.56 Å². The van der Waals surface area contributed by atoms with E-state index in [9.17, 15) is 4.39 Å². The second kappa shape index (κ2) is 5.97. The number of nitrogens with two attached hydrogens (primary N) is 1. The molecule has 4 rings (SSSR count). The number of nitrogens with zero attached hydrogens (tertiary/aromatic N) is 2. The highest BCUT2D eigenvalue weighted by Crippen LogP contribution is 2.51. The van der Waals surface area contributed by atoms with Crippen molar-refractivity contribution < 1.29 is 8.91 Å². The van der Waals surface area contributed by atoms with Gasteiger partial charge in [-0.15, -0.1) is 12.4 Å². The van der Waals surface area contributed by atoms with Crippen LogP contribution in [0.5, 0.6) is 0 Å². The molecule has 2 aromatic rings. The Morgan fingerprint density at radius 1 is 1.27 bits per heavy atom. The summed E-state index contributed by atoms with van der Waals surface area (Å²) in [6.07, 6.45) is 4.11. The Balaban J connectivity index is 0.00000144. The lowest BCUT2D eigenvalue weighted by Gasteiger charge is -2.24. The van der Waals surface area contributed by atoms with Crippen molar-refractivity contribution in [3.8, 4) is 0 Å². The summed E-state index contributed by atoms with van der Waals surface area (Å²) in [5, 5.41) is 4.04. The number of aromatic nitrogens is 2. The summed E-state index contributed by atoms with van der Waals surface area (Å²) in [5.74, 6) is 2.43. The predicted molar refractivity (Wildman–Crippen MR) is 82.3 cm³/mol. The van der Waals surface area contributed by atoms with E-state index < -0.39 is 0 Å². The van der Waals surface area contributed by atoms with E-state index in [1.807, 2.05) is 6.07 Å². The average Bonchev–Trinajstić information content (AvgIpc) is 3.15. The molecular weight excluding hydrogens is 305 g/mol. The SMILES string of the molecule is Cl.NC1C2CCC(C2)C1c1nc(Cc2cccc(F)c2)no1. The van der Waals surface area contributed by atoms with Crippen LogP contribution in [0, 0.1) is 17.7 Å². The van der Waals surface area contributed by atoms with Crippen LogP contribution in [0.2, 0.25) is 0 Å². The largest absolute Gasteiger partial charge is 0.339 e. The van der Waals surface area contributed by atoms with Crippen molar-refractivity contribution in [2.45, 2.75) is 37.6 Å². The van der Waals surface area contributed by atoms with Gasteiger partial charge in [0.05, 0.1) is 5.92 Å². The van der Waals surface area contributed by atoms with E-state index in [4.69, 9.17) is 10.3 Å². The van der Waals surface area contributed by atoms with Gasteiger partial charge in [-0.25, -0.2) is 4.39 Å². The molecule has 0 saturated heterocycles. The monoisotopic (exact) mass is 323 g/mol. The molecular formula is C16H19ClFN3O. The third-order valence-electron chi connectivity index (χ3n) is 5.00. The molecule has 1 aromatic heterocycles. The molecule has 0 aliphatic heterocycles. The van der Waals surface area contributed by atoms with Gasteiger partial charge >= 0.3 is 0 Å². The fourth-order valence-electron chi connectivity index (χ4n) is 4.01. The molecule has 2 aliphatic carbocycles. The van der Waals surface area contributed by atoms with Crippen molar-refractivity contribution in [1.29, 1.82) is 0 Å². The zero-order valence-corrected chi connectivity index (χ0v) is 12.9. The minimum absolute atomic E-state index is 0. The van der Waals surface area contributed by atoms with E-state index in [1.165, 1.54) is 31.4 Å². The molecule has 118 valence electrons. The van der Waals surface area contributed by atoms with Crippen LogP contribution in [0.15, 0.2) is 28.8 Å². The maximum Gasteiger partial charge on any atom is 0.231 e. The molecule has 6 heteroatoms. The van der Waals surface area contributed by atoms with Gasteiger partial charge in [0.25, 0.3) is 0 Å². The molecule has 4 atom stereocenters. The van der Waals surface area contributed by atoms with Crippen molar-refractivity contribution in [2.75, 3.05) is 0 Å². The predicted octanol–water partition coefficient (Wildman–Crippen LogP) is 3.06. The van der Waals surface area contributed by atoms with Gasteiger partial charge in [0.2, 0.25) is 5.89 Å². The Hall–Kier alpha value is -1.46. The van der Waals surface area contributed by atoms with E-state index in [0.29, 0.717) is 30.0 Å². The van der Waals surface area contributed by atoms with E-state index in [2.05, 4.69) is 10.1 Å². The molecule has 4 unspecified atom stereocenters. The first-order valence-electron chi connectivity index (χ1n) is 7.53. The van der Waals surface area contributed by atoms with Gasteiger partial charge < -0.3 is 10.3 Å². The maximum absolute atomic E-state index is 13.2. The Morgan fingerprint density at radius 2 is 2.09 bits per heavy atom. The van der Waals surface area contributed by atoms with Crippen molar-refractivity contribution in [3.63, 3.8) is 0 Å². The third-order valence-corrected chi connectivity index (χ3v) is 5.00. The molecule has 22 heavy (non-hydrogen) atoms. The van der Waals surface area contributed by atoms with Crippen molar-refractivity contribution in [3.05, 3.63) is 47.4 Å². The van der Waals surface area contributed by atoms with Gasteiger partial charge in [0.15, 0.2) is 5.82 Å². The van der Waals surface area contributed by atoms with Crippen molar-refractivity contribution >= 4 is 12.4 Å². The number of fused-ring (bicyclic) bond motifs is 2. The van der Waals surface area contributed by atoms with E-state index in [1.54, 1.807) is 6.07 Å². The number of hydrogen-bond donors (Lipinski definition) is 1. The van der Waals surface area contributed by atoms with Gasteiger partial charge in [-0.05, 0) is 48.8 Å². The lowest BCUT2D eigenvalue weighted by atomic mass is 9.85. The van der Waals surface area contributed by atoms with Crippen molar-refractivity contribution in [2.24, 2.45) is 17.6 Å². The molecule has 1 heterocycles. The van der Waals surface area contributed by atoms with Crippen LogP contribution in [0.3, 0.4) is 0 Å². The first-order valence-corrected chi connectivity index (χ1v) is 7.53.